The van der Waals surface area contributed by atoms with Crippen molar-refractivity contribution in [2.24, 2.45) is 5.10 Å². The number of hydrazone groups is 1. The average molecular weight is 444 g/mol. The quantitative estimate of drug-likeness (QED) is 0.345. The van der Waals surface area contributed by atoms with Gasteiger partial charge in [0, 0.05) is 4.47 Å². The minimum Gasteiger partial charge on any atom is -0.497 e. The highest BCUT2D eigenvalue weighted by molar-refractivity contribution is 9.10. The predicted octanol–water partition coefficient (Wildman–Crippen LogP) is 4.39. The Balaban J connectivity index is 1.76. The van der Waals surface area contributed by atoms with Crippen LogP contribution in [-0.4, -0.2) is 24.2 Å². The van der Waals surface area contributed by atoms with Gasteiger partial charge in [0.05, 0.1) is 35.4 Å². The third-order valence-electron chi connectivity index (χ3n) is 3.77. The van der Waals surface area contributed by atoms with E-state index in [1.165, 1.54) is 19.4 Å². The Morgan fingerprint density at radius 3 is 2.75 bits per heavy atom. The number of amides is 1. The molecule has 0 atom stereocenters. The molecule has 1 N–H and O–H groups in total. The first-order valence-corrected chi connectivity index (χ1v) is 8.79. The van der Waals surface area contributed by atoms with E-state index in [0.717, 1.165) is 0 Å². The minimum absolute atomic E-state index is 0.139. The number of nitro groups is 1. The minimum atomic E-state index is -0.508. The highest BCUT2D eigenvalue weighted by atomic mass is 79.9. The summed E-state index contributed by atoms with van der Waals surface area (Å²) in [5.74, 6) is 0.611. The fourth-order valence-corrected chi connectivity index (χ4v) is 2.89. The lowest BCUT2D eigenvalue weighted by Gasteiger charge is -2.03. The number of hydrogen-bond acceptors (Lipinski definition) is 6. The Kier molecular flexibility index (Phi) is 5.85. The maximum atomic E-state index is 12.1. The molecular weight excluding hydrogens is 430 g/mol. The van der Waals surface area contributed by atoms with Crippen molar-refractivity contribution in [2.75, 3.05) is 7.11 Å². The van der Waals surface area contributed by atoms with E-state index in [1.54, 1.807) is 48.5 Å². The van der Waals surface area contributed by atoms with E-state index in [9.17, 15) is 14.9 Å². The third kappa shape index (κ3) is 4.26. The van der Waals surface area contributed by atoms with Gasteiger partial charge in [0.25, 0.3) is 11.6 Å². The van der Waals surface area contributed by atoms with E-state index in [2.05, 4.69) is 26.5 Å². The van der Waals surface area contributed by atoms with Gasteiger partial charge in [-0.3, -0.25) is 14.9 Å². The summed E-state index contributed by atoms with van der Waals surface area (Å²) in [6.45, 7) is 0. The van der Waals surface area contributed by atoms with Crippen LogP contribution in [0, 0.1) is 10.1 Å². The van der Waals surface area contributed by atoms with Crippen LogP contribution in [0.1, 0.15) is 16.1 Å². The summed E-state index contributed by atoms with van der Waals surface area (Å²) in [6, 6.07) is 14.6. The van der Waals surface area contributed by atoms with Gasteiger partial charge in [-0.25, -0.2) is 5.43 Å². The second-order valence-electron chi connectivity index (χ2n) is 5.52. The molecule has 0 fully saturated rings. The molecule has 0 aliphatic rings. The van der Waals surface area contributed by atoms with Gasteiger partial charge in [-0.2, -0.15) is 5.10 Å². The van der Waals surface area contributed by atoms with Gasteiger partial charge in [0.2, 0.25) is 0 Å². The standard InChI is InChI=1S/C19H14BrN3O5/c1-27-12-6-8-15(17(10-12)23(25)26)18-9-7-13(28-18)11-21-22-19(24)14-4-2-3-5-16(14)20/h2-11H,1H3,(H,22,24)/b21-11-. The summed E-state index contributed by atoms with van der Waals surface area (Å²) in [4.78, 5) is 22.9. The molecule has 8 nitrogen and oxygen atoms in total. The molecule has 1 amide bonds. The maximum Gasteiger partial charge on any atom is 0.284 e. The van der Waals surface area contributed by atoms with Crippen molar-refractivity contribution in [1.29, 1.82) is 0 Å². The first-order chi connectivity index (χ1) is 13.5. The summed E-state index contributed by atoms with van der Waals surface area (Å²) < 4.78 is 11.3. The number of furan rings is 1. The molecule has 0 aliphatic heterocycles. The van der Waals surface area contributed by atoms with Crippen LogP contribution in [0.4, 0.5) is 5.69 Å². The number of nitro benzene ring substituents is 1. The zero-order chi connectivity index (χ0) is 20.1. The molecule has 0 saturated carbocycles. The maximum absolute atomic E-state index is 12.1. The second-order valence-corrected chi connectivity index (χ2v) is 6.38. The van der Waals surface area contributed by atoms with Gasteiger partial charge in [0.15, 0.2) is 0 Å². The van der Waals surface area contributed by atoms with Crippen LogP contribution in [0.3, 0.4) is 0 Å². The molecule has 3 aromatic rings. The molecule has 0 spiro atoms. The monoisotopic (exact) mass is 443 g/mol. The molecule has 0 bridgehead atoms. The van der Waals surface area contributed by atoms with E-state index in [0.29, 0.717) is 32.9 Å². The number of nitrogens with zero attached hydrogens (tertiary/aromatic N) is 2. The topological polar surface area (TPSA) is 107 Å². The Labute approximate surface area is 168 Å². The number of methoxy groups -OCH3 is 1. The number of nitrogens with one attached hydrogen (secondary N) is 1. The fraction of sp³-hybridized carbons (Fsp3) is 0.0526. The number of rotatable bonds is 6. The van der Waals surface area contributed by atoms with Crippen LogP contribution in [-0.2, 0) is 0 Å². The van der Waals surface area contributed by atoms with Gasteiger partial charge in [-0.1, -0.05) is 12.1 Å². The summed E-state index contributed by atoms with van der Waals surface area (Å²) in [7, 11) is 1.43. The van der Waals surface area contributed by atoms with Gasteiger partial charge in [-0.05, 0) is 52.3 Å². The first-order valence-electron chi connectivity index (χ1n) is 8.00. The van der Waals surface area contributed by atoms with E-state index in [4.69, 9.17) is 9.15 Å². The highest BCUT2D eigenvalue weighted by Gasteiger charge is 2.19. The fourth-order valence-electron chi connectivity index (χ4n) is 2.42. The summed E-state index contributed by atoms with van der Waals surface area (Å²) in [5.41, 5.74) is 3.00. The highest BCUT2D eigenvalue weighted by Crippen LogP contribution is 2.33. The van der Waals surface area contributed by atoms with Crippen LogP contribution in [0.15, 0.2) is 68.6 Å². The molecule has 2 aromatic carbocycles. The number of hydrogen-bond donors (Lipinski definition) is 1. The van der Waals surface area contributed by atoms with Gasteiger partial charge >= 0.3 is 0 Å². The Morgan fingerprint density at radius 1 is 1.25 bits per heavy atom. The van der Waals surface area contributed by atoms with Crippen LogP contribution >= 0.6 is 15.9 Å². The van der Waals surface area contributed by atoms with E-state index < -0.39 is 4.92 Å². The van der Waals surface area contributed by atoms with Crippen LogP contribution in [0.5, 0.6) is 5.75 Å². The molecule has 0 radical (unpaired) electrons. The van der Waals surface area contributed by atoms with E-state index in [1.807, 2.05) is 0 Å². The predicted molar refractivity (Wildman–Crippen MR) is 107 cm³/mol. The molecule has 0 unspecified atom stereocenters. The molecule has 3 rings (SSSR count). The molecule has 142 valence electrons. The van der Waals surface area contributed by atoms with Crippen molar-refractivity contribution in [3.05, 3.63) is 80.5 Å². The zero-order valence-corrected chi connectivity index (χ0v) is 16.2. The number of halogens is 1. The first kappa shape index (κ1) is 19.3. The average Bonchev–Trinajstić information content (AvgIpc) is 3.16. The summed E-state index contributed by atoms with van der Waals surface area (Å²) in [6.07, 6.45) is 1.31. The molecule has 0 aliphatic carbocycles. The lowest BCUT2D eigenvalue weighted by molar-refractivity contribution is -0.384. The lowest BCUT2D eigenvalue weighted by atomic mass is 10.1. The van der Waals surface area contributed by atoms with Crippen molar-refractivity contribution in [1.82, 2.24) is 5.43 Å². The molecule has 9 heteroatoms. The van der Waals surface area contributed by atoms with Gasteiger partial charge < -0.3 is 9.15 Å². The number of carbonyl (C=O) groups is 1. The van der Waals surface area contributed by atoms with Crippen molar-refractivity contribution in [2.45, 2.75) is 0 Å². The Morgan fingerprint density at radius 2 is 2.04 bits per heavy atom. The van der Waals surface area contributed by atoms with Crippen LogP contribution < -0.4 is 10.2 Å². The van der Waals surface area contributed by atoms with Gasteiger partial charge in [-0.15, -0.1) is 0 Å². The largest absolute Gasteiger partial charge is 0.497 e. The Hall–Kier alpha value is -3.46. The molecule has 28 heavy (non-hydrogen) atoms. The van der Waals surface area contributed by atoms with Gasteiger partial charge in [0.1, 0.15) is 17.3 Å². The van der Waals surface area contributed by atoms with Crippen molar-refractivity contribution < 1.29 is 18.9 Å². The van der Waals surface area contributed by atoms with Crippen LogP contribution in [0.25, 0.3) is 11.3 Å². The summed E-state index contributed by atoms with van der Waals surface area (Å²) in [5, 5.41) is 15.2. The number of carbonyl (C=O) groups excluding carboxylic acids is 1. The van der Waals surface area contributed by atoms with E-state index in [-0.39, 0.29) is 11.6 Å². The molecule has 0 saturated heterocycles. The second kappa shape index (κ2) is 8.49. The third-order valence-corrected chi connectivity index (χ3v) is 4.46. The van der Waals surface area contributed by atoms with Crippen molar-refractivity contribution >= 4 is 33.7 Å². The summed E-state index contributed by atoms with van der Waals surface area (Å²) >= 11 is 3.30. The SMILES string of the molecule is COc1ccc(-c2ccc(/C=N\NC(=O)c3ccccc3Br)o2)c([N+](=O)[O-])c1. The molecular formula is C19H14BrN3O5. The molecule has 1 aromatic heterocycles. The van der Waals surface area contributed by atoms with E-state index >= 15 is 0 Å². The van der Waals surface area contributed by atoms with Crippen molar-refractivity contribution in [3.63, 3.8) is 0 Å². The number of benzene rings is 2. The molecule has 1 heterocycles. The Bertz CT molecular complexity index is 1060. The van der Waals surface area contributed by atoms with Crippen LogP contribution in [0.2, 0.25) is 0 Å². The zero-order valence-electron chi connectivity index (χ0n) is 14.6. The van der Waals surface area contributed by atoms with Crippen molar-refractivity contribution in [3.8, 4) is 17.1 Å². The lowest BCUT2D eigenvalue weighted by Crippen LogP contribution is -2.17. The smallest absolute Gasteiger partial charge is 0.284 e. The normalized spacial score (nSPS) is 10.8. The number of ether oxygens (including phenoxy) is 1.